The third-order valence-corrected chi connectivity index (χ3v) is 5.14. The van der Waals surface area contributed by atoms with Gasteiger partial charge in [-0.2, -0.15) is 0 Å². The molecular weight excluding hydrogens is 410 g/mol. The molecule has 32 heavy (non-hydrogen) atoms. The highest BCUT2D eigenvalue weighted by Crippen LogP contribution is 2.25. The summed E-state index contributed by atoms with van der Waals surface area (Å²) >= 11 is 0. The number of carbonyl (C=O) groups is 3. The monoisotopic (exact) mass is 441 g/mol. The molecule has 1 saturated heterocycles. The van der Waals surface area contributed by atoms with Crippen LogP contribution in [0.15, 0.2) is 42.9 Å². The first-order chi connectivity index (χ1) is 15.2. The first-order valence-corrected chi connectivity index (χ1v) is 10.9. The van der Waals surface area contributed by atoms with Crippen LogP contribution in [0.25, 0.3) is 0 Å². The van der Waals surface area contributed by atoms with Gasteiger partial charge in [-0.3, -0.25) is 14.6 Å². The third-order valence-electron chi connectivity index (χ3n) is 5.14. The second-order valence-electron chi connectivity index (χ2n) is 8.75. The number of amides is 3. The first kappa shape index (κ1) is 23.3. The molecule has 9 nitrogen and oxygen atoms in total. The second-order valence-corrected chi connectivity index (χ2v) is 8.75. The molecule has 0 saturated carbocycles. The van der Waals surface area contributed by atoms with Crippen molar-refractivity contribution in [1.82, 2.24) is 25.1 Å². The normalized spacial score (nSPS) is 14.7. The van der Waals surface area contributed by atoms with E-state index in [4.69, 9.17) is 4.74 Å². The van der Waals surface area contributed by atoms with Gasteiger partial charge in [-0.15, -0.1) is 0 Å². The van der Waals surface area contributed by atoms with E-state index in [1.165, 1.54) is 6.20 Å². The fraction of sp³-hybridized carbons (Fsp3) is 0.478. The van der Waals surface area contributed by atoms with Crippen LogP contribution in [0.1, 0.15) is 60.5 Å². The Hall–Kier alpha value is -3.36. The number of nitrogens with zero attached hydrogens (tertiary/aromatic N) is 3. The molecule has 0 radical (unpaired) electrons. The molecule has 0 aliphatic carbocycles. The van der Waals surface area contributed by atoms with E-state index in [9.17, 15) is 14.4 Å². The van der Waals surface area contributed by atoms with Gasteiger partial charge in [0, 0.05) is 50.8 Å². The number of hydrogen-bond donors (Lipinski definition) is 2. The number of hydrogen-bond acceptors (Lipinski definition) is 5. The lowest BCUT2D eigenvalue weighted by molar-refractivity contribution is 0.0187. The quantitative estimate of drug-likeness (QED) is 0.671. The van der Waals surface area contributed by atoms with Gasteiger partial charge in [0.15, 0.2) is 0 Å². The predicted molar refractivity (Wildman–Crippen MR) is 119 cm³/mol. The Balaban J connectivity index is 1.46. The van der Waals surface area contributed by atoms with Crippen LogP contribution in [0.5, 0.6) is 0 Å². The number of ether oxygens (including phenoxy) is 1. The van der Waals surface area contributed by atoms with Crippen molar-refractivity contribution in [2.45, 2.75) is 45.3 Å². The molecule has 1 fully saturated rings. The fourth-order valence-electron chi connectivity index (χ4n) is 3.60. The van der Waals surface area contributed by atoms with E-state index >= 15 is 0 Å². The maximum Gasteiger partial charge on any atom is 0.410 e. The van der Waals surface area contributed by atoms with Crippen LogP contribution in [0.2, 0.25) is 0 Å². The lowest BCUT2D eigenvalue weighted by Crippen LogP contribution is -2.42. The van der Waals surface area contributed by atoms with E-state index in [-0.39, 0.29) is 23.9 Å². The summed E-state index contributed by atoms with van der Waals surface area (Å²) in [6.45, 7) is 7.35. The van der Waals surface area contributed by atoms with Crippen molar-refractivity contribution in [2.24, 2.45) is 0 Å². The maximum absolute atomic E-state index is 12.7. The highest BCUT2D eigenvalue weighted by molar-refractivity contribution is 5.94. The number of aromatic nitrogens is 2. The average Bonchev–Trinajstić information content (AvgIpc) is 3.26. The summed E-state index contributed by atoms with van der Waals surface area (Å²) in [7, 11) is 0. The summed E-state index contributed by atoms with van der Waals surface area (Å²) in [5, 5.41) is 5.61. The lowest BCUT2D eigenvalue weighted by Gasteiger charge is -2.34. The van der Waals surface area contributed by atoms with Crippen molar-refractivity contribution in [3.63, 3.8) is 0 Å². The standard InChI is InChI=1S/C23H31N5O4/c1-23(2,3)32-22(31)27-14-8-18(9-15-27)28-13-5-7-19(28)21(30)26-12-11-25-20(29)17-6-4-10-24-16-17/h4-7,10,13,16,18H,8-9,11-12,14-15H2,1-3H3,(H,25,29)(H,26,30). The highest BCUT2D eigenvalue weighted by Gasteiger charge is 2.28. The molecule has 0 bridgehead atoms. The molecule has 2 N–H and O–H groups in total. The highest BCUT2D eigenvalue weighted by atomic mass is 16.6. The molecule has 3 rings (SSSR count). The lowest BCUT2D eigenvalue weighted by atomic mass is 10.0. The molecular formula is C23H31N5O4. The van der Waals surface area contributed by atoms with E-state index in [0.717, 1.165) is 12.8 Å². The minimum atomic E-state index is -0.517. The zero-order valence-corrected chi connectivity index (χ0v) is 18.8. The van der Waals surface area contributed by atoms with Gasteiger partial charge in [-0.1, -0.05) is 0 Å². The Morgan fingerprint density at radius 3 is 2.38 bits per heavy atom. The summed E-state index contributed by atoms with van der Waals surface area (Å²) in [6, 6.07) is 7.14. The van der Waals surface area contributed by atoms with Crippen molar-refractivity contribution in [1.29, 1.82) is 0 Å². The topological polar surface area (TPSA) is 106 Å². The molecule has 172 valence electrons. The average molecular weight is 442 g/mol. The predicted octanol–water partition coefficient (Wildman–Crippen LogP) is 2.61. The van der Waals surface area contributed by atoms with Gasteiger partial charge in [-0.25, -0.2) is 4.79 Å². The van der Waals surface area contributed by atoms with Gasteiger partial charge in [-0.05, 0) is 57.9 Å². The number of piperidine rings is 1. The van der Waals surface area contributed by atoms with Gasteiger partial charge in [0.1, 0.15) is 11.3 Å². The van der Waals surface area contributed by atoms with Gasteiger partial charge < -0.3 is 24.8 Å². The van der Waals surface area contributed by atoms with Gasteiger partial charge >= 0.3 is 6.09 Å². The van der Waals surface area contributed by atoms with Crippen LogP contribution in [-0.2, 0) is 4.74 Å². The van der Waals surface area contributed by atoms with Crippen LogP contribution in [0.3, 0.4) is 0 Å². The fourth-order valence-corrected chi connectivity index (χ4v) is 3.60. The van der Waals surface area contributed by atoms with Crippen molar-refractivity contribution in [2.75, 3.05) is 26.2 Å². The Bertz CT molecular complexity index is 927. The smallest absolute Gasteiger partial charge is 0.410 e. The zero-order chi connectivity index (χ0) is 23.1. The summed E-state index contributed by atoms with van der Waals surface area (Å²) in [5.74, 6) is -0.423. The third kappa shape index (κ3) is 6.32. The molecule has 9 heteroatoms. The van der Waals surface area contributed by atoms with Gasteiger partial charge in [0.2, 0.25) is 0 Å². The number of rotatable bonds is 6. The SMILES string of the molecule is CC(C)(C)OC(=O)N1CCC(n2cccc2C(=O)NCCNC(=O)c2cccnc2)CC1. The van der Waals surface area contributed by atoms with E-state index in [0.29, 0.717) is 37.4 Å². The summed E-state index contributed by atoms with van der Waals surface area (Å²) < 4.78 is 7.42. The number of nitrogens with one attached hydrogen (secondary N) is 2. The summed E-state index contributed by atoms with van der Waals surface area (Å²) in [4.78, 5) is 42.6. The largest absolute Gasteiger partial charge is 0.444 e. The maximum atomic E-state index is 12.7. The van der Waals surface area contributed by atoms with E-state index < -0.39 is 5.60 Å². The second kappa shape index (κ2) is 10.3. The molecule has 2 aromatic rings. The van der Waals surface area contributed by atoms with E-state index in [1.807, 2.05) is 37.6 Å². The molecule has 0 aromatic carbocycles. The summed E-state index contributed by atoms with van der Waals surface area (Å²) in [6.07, 6.45) is 6.19. The van der Waals surface area contributed by atoms with Crippen LogP contribution in [-0.4, -0.2) is 64.1 Å². The summed E-state index contributed by atoms with van der Waals surface area (Å²) in [5.41, 5.74) is 0.529. The Morgan fingerprint density at radius 1 is 1.06 bits per heavy atom. The number of carbonyl (C=O) groups excluding carboxylic acids is 3. The van der Waals surface area contributed by atoms with Crippen LogP contribution in [0, 0.1) is 0 Å². The van der Waals surface area contributed by atoms with Crippen LogP contribution in [0.4, 0.5) is 4.79 Å². The van der Waals surface area contributed by atoms with Gasteiger partial charge in [0.05, 0.1) is 5.56 Å². The molecule has 1 aliphatic rings. The molecule has 2 aromatic heterocycles. The molecule has 3 heterocycles. The van der Waals surface area contributed by atoms with Crippen LogP contribution >= 0.6 is 0 Å². The zero-order valence-electron chi connectivity index (χ0n) is 18.8. The van der Waals surface area contributed by atoms with Gasteiger partial charge in [0.25, 0.3) is 11.8 Å². The minimum Gasteiger partial charge on any atom is -0.444 e. The van der Waals surface area contributed by atoms with Crippen molar-refractivity contribution < 1.29 is 19.1 Å². The number of likely N-dealkylation sites (tertiary alicyclic amines) is 1. The molecule has 0 spiro atoms. The van der Waals surface area contributed by atoms with Crippen molar-refractivity contribution in [3.8, 4) is 0 Å². The molecule has 1 aliphatic heterocycles. The number of pyridine rings is 1. The Labute approximate surface area is 188 Å². The van der Waals surface area contributed by atoms with Crippen molar-refractivity contribution >= 4 is 17.9 Å². The Kier molecular flexibility index (Phi) is 7.50. The van der Waals surface area contributed by atoms with E-state index in [1.54, 1.807) is 29.3 Å². The van der Waals surface area contributed by atoms with Crippen molar-refractivity contribution in [3.05, 3.63) is 54.1 Å². The molecule has 0 atom stereocenters. The molecule has 3 amide bonds. The minimum absolute atomic E-state index is 0.134. The van der Waals surface area contributed by atoms with Crippen LogP contribution < -0.4 is 10.6 Å². The molecule has 0 unspecified atom stereocenters. The Morgan fingerprint density at radius 2 is 1.75 bits per heavy atom. The van der Waals surface area contributed by atoms with E-state index in [2.05, 4.69) is 15.6 Å². The first-order valence-electron chi connectivity index (χ1n) is 10.9.